The summed E-state index contributed by atoms with van der Waals surface area (Å²) >= 11 is 0. The molecule has 0 radical (unpaired) electrons. The average molecular weight is 325 g/mol. The average Bonchev–Trinajstić information content (AvgIpc) is 2.60. The number of hydrogen-bond donors (Lipinski definition) is 1. The minimum absolute atomic E-state index is 0.0731. The summed E-state index contributed by atoms with van der Waals surface area (Å²) in [7, 11) is 2.82. The predicted molar refractivity (Wildman–Crippen MR) is 91.6 cm³/mol. The van der Waals surface area contributed by atoms with Crippen molar-refractivity contribution in [3.63, 3.8) is 0 Å². The lowest BCUT2D eigenvalue weighted by Crippen LogP contribution is -2.28. The van der Waals surface area contributed by atoms with Crippen LogP contribution in [0.25, 0.3) is 6.08 Å². The van der Waals surface area contributed by atoms with E-state index in [-0.39, 0.29) is 5.70 Å². The van der Waals surface area contributed by atoms with Crippen molar-refractivity contribution >= 4 is 18.0 Å². The van der Waals surface area contributed by atoms with Gasteiger partial charge in [-0.3, -0.25) is 4.79 Å². The first-order valence-electron chi connectivity index (χ1n) is 7.35. The third kappa shape index (κ3) is 4.46. The van der Waals surface area contributed by atoms with E-state index in [9.17, 15) is 9.59 Å². The zero-order chi connectivity index (χ0) is 17.5. The Balaban J connectivity index is 2.25. The van der Waals surface area contributed by atoms with Crippen LogP contribution >= 0.6 is 0 Å². The van der Waals surface area contributed by atoms with Gasteiger partial charge in [0, 0.05) is 5.56 Å². The summed E-state index contributed by atoms with van der Waals surface area (Å²) in [5.41, 5.74) is 2.33. The van der Waals surface area contributed by atoms with Gasteiger partial charge in [-0.15, -0.1) is 0 Å². The standard InChI is InChI=1S/C19H19NO4/c1-13-5-4-6-14(11-13)12-17(19(22)24-3)20-18(21)15-7-9-16(23-2)10-8-15/h4-12H,1-3H3,(H,20,21)/b17-12-. The summed E-state index contributed by atoms with van der Waals surface area (Å²) in [4.78, 5) is 24.3. The number of benzene rings is 2. The summed E-state index contributed by atoms with van der Waals surface area (Å²) in [6.07, 6.45) is 1.58. The summed E-state index contributed by atoms with van der Waals surface area (Å²) < 4.78 is 9.80. The third-order valence-electron chi connectivity index (χ3n) is 3.36. The van der Waals surface area contributed by atoms with E-state index in [0.29, 0.717) is 11.3 Å². The smallest absolute Gasteiger partial charge is 0.354 e. The molecule has 2 aromatic rings. The van der Waals surface area contributed by atoms with Gasteiger partial charge in [0.25, 0.3) is 5.91 Å². The number of esters is 1. The van der Waals surface area contributed by atoms with Gasteiger partial charge in [-0.1, -0.05) is 29.8 Å². The molecule has 2 aromatic carbocycles. The fraction of sp³-hybridized carbons (Fsp3) is 0.158. The molecule has 2 rings (SSSR count). The van der Waals surface area contributed by atoms with Gasteiger partial charge in [-0.05, 0) is 42.8 Å². The molecular weight excluding hydrogens is 306 g/mol. The van der Waals surface area contributed by atoms with Gasteiger partial charge in [0.1, 0.15) is 11.4 Å². The Labute approximate surface area is 140 Å². The van der Waals surface area contributed by atoms with Gasteiger partial charge in [-0.2, -0.15) is 0 Å². The number of methoxy groups -OCH3 is 2. The van der Waals surface area contributed by atoms with Gasteiger partial charge >= 0.3 is 5.97 Å². The Morgan fingerprint density at radius 1 is 1.04 bits per heavy atom. The van der Waals surface area contributed by atoms with E-state index in [1.165, 1.54) is 7.11 Å². The Morgan fingerprint density at radius 2 is 1.75 bits per heavy atom. The molecule has 0 aliphatic rings. The van der Waals surface area contributed by atoms with Crippen LogP contribution in [0.3, 0.4) is 0 Å². The second-order valence-electron chi connectivity index (χ2n) is 5.15. The fourth-order valence-electron chi connectivity index (χ4n) is 2.12. The van der Waals surface area contributed by atoms with E-state index in [4.69, 9.17) is 9.47 Å². The first-order chi connectivity index (χ1) is 11.5. The van der Waals surface area contributed by atoms with E-state index >= 15 is 0 Å². The highest BCUT2D eigenvalue weighted by atomic mass is 16.5. The lowest BCUT2D eigenvalue weighted by atomic mass is 10.1. The number of nitrogens with one attached hydrogen (secondary N) is 1. The second-order valence-corrected chi connectivity index (χ2v) is 5.15. The molecule has 1 amide bonds. The zero-order valence-corrected chi connectivity index (χ0v) is 13.8. The van der Waals surface area contributed by atoms with Crippen molar-refractivity contribution in [2.45, 2.75) is 6.92 Å². The lowest BCUT2D eigenvalue weighted by molar-refractivity contribution is -0.136. The molecule has 1 N–H and O–H groups in total. The maximum atomic E-state index is 12.3. The highest BCUT2D eigenvalue weighted by Gasteiger charge is 2.15. The molecule has 124 valence electrons. The Kier molecular flexibility index (Phi) is 5.73. The SMILES string of the molecule is COC(=O)/C(=C/c1cccc(C)c1)NC(=O)c1ccc(OC)cc1. The summed E-state index contributed by atoms with van der Waals surface area (Å²) in [6, 6.07) is 14.2. The van der Waals surface area contributed by atoms with Crippen molar-refractivity contribution in [1.29, 1.82) is 0 Å². The molecule has 0 heterocycles. The number of rotatable bonds is 5. The topological polar surface area (TPSA) is 64.6 Å². The number of amides is 1. The van der Waals surface area contributed by atoms with Gasteiger partial charge in [0.15, 0.2) is 0 Å². The molecule has 0 unspecified atom stereocenters. The van der Waals surface area contributed by atoms with Crippen molar-refractivity contribution in [3.05, 3.63) is 70.9 Å². The number of aryl methyl sites for hydroxylation is 1. The van der Waals surface area contributed by atoms with Gasteiger partial charge < -0.3 is 14.8 Å². The van der Waals surface area contributed by atoms with E-state index in [0.717, 1.165) is 11.1 Å². The highest BCUT2D eigenvalue weighted by molar-refractivity contribution is 6.03. The van der Waals surface area contributed by atoms with E-state index in [1.807, 2.05) is 31.2 Å². The largest absolute Gasteiger partial charge is 0.497 e. The van der Waals surface area contributed by atoms with Crippen LogP contribution in [0.15, 0.2) is 54.2 Å². The van der Waals surface area contributed by atoms with Gasteiger partial charge in [0.05, 0.1) is 14.2 Å². The molecule has 5 nitrogen and oxygen atoms in total. The van der Waals surface area contributed by atoms with E-state index in [2.05, 4.69) is 5.32 Å². The quantitative estimate of drug-likeness (QED) is 0.678. The third-order valence-corrected chi connectivity index (χ3v) is 3.36. The molecule has 0 saturated carbocycles. The molecule has 0 spiro atoms. The Morgan fingerprint density at radius 3 is 2.33 bits per heavy atom. The molecule has 0 saturated heterocycles. The maximum absolute atomic E-state index is 12.3. The van der Waals surface area contributed by atoms with Crippen LogP contribution in [0.4, 0.5) is 0 Å². The molecular formula is C19H19NO4. The number of hydrogen-bond acceptors (Lipinski definition) is 4. The molecule has 0 fully saturated rings. The monoisotopic (exact) mass is 325 g/mol. The molecule has 0 atom stereocenters. The van der Waals surface area contributed by atoms with Crippen LogP contribution in [0.1, 0.15) is 21.5 Å². The minimum Gasteiger partial charge on any atom is -0.497 e. The number of carbonyl (C=O) groups excluding carboxylic acids is 2. The first-order valence-corrected chi connectivity index (χ1v) is 7.35. The fourth-order valence-corrected chi connectivity index (χ4v) is 2.12. The van der Waals surface area contributed by atoms with Crippen LogP contribution in [0.5, 0.6) is 5.75 Å². The molecule has 5 heteroatoms. The van der Waals surface area contributed by atoms with Crippen LogP contribution in [0.2, 0.25) is 0 Å². The van der Waals surface area contributed by atoms with E-state index in [1.54, 1.807) is 37.5 Å². The van der Waals surface area contributed by atoms with Gasteiger partial charge in [0.2, 0.25) is 0 Å². The number of carbonyl (C=O) groups is 2. The van der Waals surface area contributed by atoms with Crippen molar-refractivity contribution in [3.8, 4) is 5.75 Å². The van der Waals surface area contributed by atoms with Crippen molar-refractivity contribution < 1.29 is 19.1 Å². The predicted octanol–water partition coefficient (Wildman–Crippen LogP) is 2.95. The zero-order valence-electron chi connectivity index (χ0n) is 13.8. The maximum Gasteiger partial charge on any atom is 0.354 e. The van der Waals surface area contributed by atoms with Crippen LogP contribution in [-0.4, -0.2) is 26.1 Å². The van der Waals surface area contributed by atoms with Crippen LogP contribution < -0.4 is 10.1 Å². The second kappa shape index (κ2) is 7.97. The first kappa shape index (κ1) is 17.3. The summed E-state index contributed by atoms with van der Waals surface area (Å²) in [5.74, 6) is -0.365. The normalized spacial score (nSPS) is 10.9. The molecule has 0 aliphatic heterocycles. The van der Waals surface area contributed by atoms with Crippen LogP contribution in [-0.2, 0) is 9.53 Å². The summed E-state index contributed by atoms with van der Waals surface area (Å²) in [5, 5.41) is 2.60. The van der Waals surface area contributed by atoms with Crippen LogP contribution in [0, 0.1) is 6.92 Å². The molecule has 24 heavy (non-hydrogen) atoms. The molecule has 0 aliphatic carbocycles. The highest BCUT2D eigenvalue weighted by Crippen LogP contribution is 2.13. The molecule has 0 aromatic heterocycles. The summed E-state index contributed by atoms with van der Waals surface area (Å²) in [6.45, 7) is 1.95. The van der Waals surface area contributed by atoms with Gasteiger partial charge in [-0.25, -0.2) is 4.79 Å². The molecule has 0 bridgehead atoms. The van der Waals surface area contributed by atoms with Crippen molar-refractivity contribution in [1.82, 2.24) is 5.32 Å². The minimum atomic E-state index is -0.613. The van der Waals surface area contributed by atoms with E-state index < -0.39 is 11.9 Å². The lowest BCUT2D eigenvalue weighted by Gasteiger charge is -2.09. The van der Waals surface area contributed by atoms with Crippen molar-refractivity contribution in [2.24, 2.45) is 0 Å². The van der Waals surface area contributed by atoms with Crippen molar-refractivity contribution in [2.75, 3.05) is 14.2 Å². The Hall–Kier alpha value is -3.08. The Bertz CT molecular complexity index is 763. The number of ether oxygens (including phenoxy) is 2.